The first-order valence-electron chi connectivity index (χ1n) is 11.2. The topological polar surface area (TPSA) is 95.6 Å². The van der Waals surface area contributed by atoms with Crippen LogP contribution in [0.3, 0.4) is 0 Å². The molecular formula is C24H29Cl2N3O4S. The summed E-state index contributed by atoms with van der Waals surface area (Å²) in [4.78, 5) is 25.4. The van der Waals surface area contributed by atoms with Crippen LogP contribution in [0.1, 0.15) is 42.6 Å². The molecule has 2 aromatic carbocycles. The van der Waals surface area contributed by atoms with Gasteiger partial charge in [0.25, 0.3) is 5.91 Å². The standard InChI is InChI=1S/C24H29Cl2N3O4S/c1-16(2)14-27-24(31)18-6-3-4-9-22(18)28-23(30)17-10-12-29(13-11-17)34(32,33)15-19-20(25)7-5-8-21(19)26/h3-9,16-17H,10-15H2,1-2H3,(H,27,31)(H,28,30). The van der Waals surface area contributed by atoms with Gasteiger partial charge < -0.3 is 10.6 Å². The molecule has 2 N–H and O–H groups in total. The van der Waals surface area contributed by atoms with Crippen LogP contribution in [0.15, 0.2) is 42.5 Å². The number of para-hydroxylation sites is 1. The molecule has 1 fully saturated rings. The van der Waals surface area contributed by atoms with Gasteiger partial charge in [0.15, 0.2) is 0 Å². The number of nitrogens with one attached hydrogen (secondary N) is 2. The second-order valence-electron chi connectivity index (χ2n) is 8.77. The van der Waals surface area contributed by atoms with Gasteiger partial charge in [-0.2, -0.15) is 0 Å². The highest BCUT2D eigenvalue weighted by molar-refractivity contribution is 7.88. The van der Waals surface area contributed by atoms with Gasteiger partial charge in [0.05, 0.1) is 17.0 Å². The van der Waals surface area contributed by atoms with Crippen molar-refractivity contribution in [1.82, 2.24) is 9.62 Å². The lowest BCUT2D eigenvalue weighted by Gasteiger charge is -2.31. The molecule has 2 aromatic rings. The van der Waals surface area contributed by atoms with Gasteiger partial charge in [0, 0.05) is 41.2 Å². The Morgan fingerprint density at radius 3 is 2.26 bits per heavy atom. The third-order valence-corrected chi connectivity index (χ3v) is 8.22. The minimum atomic E-state index is -3.64. The van der Waals surface area contributed by atoms with E-state index in [1.807, 2.05) is 13.8 Å². The number of halogens is 2. The predicted octanol–water partition coefficient (Wildman–Crippen LogP) is 4.56. The summed E-state index contributed by atoms with van der Waals surface area (Å²) in [5, 5.41) is 6.33. The van der Waals surface area contributed by atoms with Gasteiger partial charge in [-0.15, -0.1) is 0 Å². The first-order chi connectivity index (χ1) is 16.1. The second-order valence-corrected chi connectivity index (χ2v) is 11.6. The van der Waals surface area contributed by atoms with E-state index in [2.05, 4.69) is 10.6 Å². The van der Waals surface area contributed by atoms with Crippen LogP contribution in [0.5, 0.6) is 0 Å². The Morgan fingerprint density at radius 1 is 1.03 bits per heavy atom. The average Bonchev–Trinajstić information content (AvgIpc) is 2.80. The molecule has 0 unspecified atom stereocenters. The van der Waals surface area contributed by atoms with Crippen LogP contribution in [0.2, 0.25) is 10.0 Å². The molecule has 1 aliphatic rings. The summed E-state index contributed by atoms with van der Waals surface area (Å²) < 4.78 is 27.2. The maximum atomic E-state index is 12.9. The molecule has 7 nitrogen and oxygen atoms in total. The van der Waals surface area contributed by atoms with Gasteiger partial charge in [-0.3, -0.25) is 9.59 Å². The van der Waals surface area contributed by atoms with E-state index in [0.29, 0.717) is 52.2 Å². The number of rotatable bonds is 8. The Bertz CT molecular complexity index is 1130. The zero-order valence-corrected chi connectivity index (χ0v) is 21.5. The fourth-order valence-electron chi connectivity index (χ4n) is 3.76. The van der Waals surface area contributed by atoms with Crippen LogP contribution >= 0.6 is 23.2 Å². The number of carbonyl (C=O) groups is 2. The highest BCUT2D eigenvalue weighted by Crippen LogP contribution is 2.29. The van der Waals surface area contributed by atoms with Crippen LogP contribution in [-0.4, -0.2) is 44.2 Å². The molecule has 34 heavy (non-hydrogen) atoms. The van der Waals surface area contributed by atoms with Crippen molar-refractivity contribution in [2.75, 3.05) is 25.0 Å². The highest BCUT2D eigenvalue weighted by atomic mass is 35.5. The summed E-state index contributed by atoms with van der Waals surface area (Å²) in [7, 11) is -3.64. The molecule has 3 rings (SSSR count). The van der Waals surface area contributed by atoms with Crippen LogP contribution < -0.4 is 10.6 Å². The third-order valence-electron chi connectivity index (χ3n) is 5.71. The molecule has 1 heterocycles. The van der Waals surface area contributed by atoms with E-state index in [9.17, 15) is 18.0 Å². The van der Waals surface area contributed by atoms with Crippen molar-refractivity contribution < 1.29 is 18.0 Å². The Labute approximate surface area is 210 Å². The van der Waals surface area contributed by atoms with Gasteiger partial charge in [-0.25, -0.2) is 12.7 Å². The van der Waals surface area contributed by atoms with Gasteiger partial charge in [-0.1, -0.05) is 55.2 Å². The number of anilines is 1. The van der Waals surface area contributed by atoms with Crippen molar-refractivity contribution in [3.05, 3.63) is 63.6 Å². The van der Waals surface area contributed by atoms with Crippen LogP contribution in [0, 0.1) is 11.8 Å². The fraction of sp³-hybridized carbons (Fsp3) is 0.417. The summed E-state index contributed by atoms with van der Waals surface area (Å²) in [6.45, 7) is 4.98. The van der Waals surface area contributed by atoms with Crippen LogP contribution in [0.4, 0.5) is 5.69 Å². The maximum Gasteiger partial charge on any atom is 0.253 e. The van der Waals surface area contributed by atoms with Crippen LogP contribution in [0.25, 0.3) is 0 Å². The largest absolute Gasteiger partial charge is 0.352 e. The number of hydrogen-bond acceptors (Lipinski definition) is 4. The van der Waals surface area contributed by atoms with E-state index in [1.165, 1.54) is 4.31 Å². The molecule has 0 radical (unpaired) electrons. The minimum Gasteiger partial charge on any atom is -0.352 e. The first-order valence-corrected chi connectivity index (χ1v) is 13.5. The monoisotopic (exact) mass is 525 g/mol. The van der Waals surface area contributed by atoms with Gasteiger partial charge in [0.1, 0.15) is 0 Å². The zero-order valence-electron chi connectivity index (χ0n) is 19.2. The highest BCUT2D eigenvalue weighted by Gasteiger charge is 2.32. The predicted molar refractivity (Wildman–Crippen MR) is 136 cm³/mol. The van der Waals surface area contributed by atoms with E-state index in [-0.39, 0.29) is 36.6 Å². The lowest BCUT2D eigenvalue weighted by molar-refractivity contribution is -0.120. The summed E-state index contributed by atoms with van der Waals surface area (Å²) in [5.41, 5.74) is 1.21. The summed E-state index contributed by atoms with van der Waals surface area (Å²) in [5.74, 6) is -0.816. The quantitative estimate of drug-likeness (QED) is 0.527. The summed E-state index contributed by atoms with van der Waals surface area (Å²) in [6.07, 6.45) is 0.756. The first kappa shape index (κ1) is 26.5. The SMILES string of the molecule is CC(C)CNC(=O)c1ccccc1NC(=O)C1CCN(S(=O)(=O)Cc2c(Cl)cccc2Cl)CC1. The fourth-order valence-corrected chi connectivity index (χ4v) is 6.07. The van der Waals surface area contributed by atoms with E-state index < -0.39 is 10.0 Å². The van der Waals surface area contributed by atoms with E-state index in [4.69, 9.17) is 23.2 Å². The van der Waals surface area contributed by atoms with E-state index in [0.717, 1.165) is 0 Å². The molecule has 184 valence electrons. The molecule has 10 heteroatoms. The number of sulfonamides is 1. The molecule has 0 atom stereocenters. The molecule has 1 saturated heterocycles. The number of amides is 2. The summed E-state index contributed by atoms with van der Waals surface area (Å²) >= 11 is 12.3. The average molecular weight is 526 g/mol. The molecule has 0 aromatic heterocycles. The number of piperidine rings is 1. The summed E-state index contributed by atoms with van der Waals surface area (Å²) in [6, 6.07) is 11.7. The normalized spacial score (nSPS) is 15.3. The van der Waals surface area contributed by atoms with Crippen LogP contribution in [-0.2, 0) is 20.6 Å². The van der Waals surface area contributed by atoms with Crippen molar-refractivity contribution in [3.63, 3.8) is 0 Å². The number of nitrogens with zero attached hydrogens (tertiary/aromatic N) is 1. The van der Waals surface area contributed by atoms with Gasteiger partial charge in [-0.05, 0) is 43.0 Å². The Kier molecular flexibility index (Phi) is 8.98. The van der Waals surface area contributed by atoms with Gasteiger partial charge >= 0.3 is 0 Å². The Hall–Kier alpha value is -2.13. The van der Waals surface area contributed by atoms with Gasteiger partial charge in [0.2, 0.25) is 15.9 Å². The third kappa shape index (κ3) is 6.72. The molecule has 0 spiro atoms. The molecule has 0 bridgehead atoms. The van der Waals surface area contributed by atoms with E-state index in [1.54, 1.807) is 42.5 Å². The van der Waals surface area contributed by atoms with Crippen molar-refractivity contribution in [2.45, 2.75) is 32.4 Å². The molecule has 2 amide bonds. The molecule has 0 saturated carbocycles. The number of hydrogen-bond donors (Lipinski definition) is 2. The zero-order chi connectivity index (χ0) is 24.9. The molecule has 0 aliphatic carbocycles. The van der Waals surface area contributed by atoms with E-state index >= 15 is 0 Å². The smallest absolute Gasteiger partial charge is 0.253 e. The lowest BCUT2D eigenvalue weighted by atomic mass is 9.97. The molecular weight excluding hydrogens is 497 g/mol. The minimum absolute atomic E-state index is 0.221. The van der Waals surface area contributed by atoms with Crippen molar-refractivity contribution in [1.29, 1.82) is 0 Å². The number of carbonyl (C=O) groups excluding carboxylic acids is 2. The maximum absolute atomic E-state index is 12.9. The van der Waals surface area contributed by atoms with Crippen molar-refractivity contribution in [3.8, 4) is 0 Å². The number of benzene rings is 2. The Balaban J connectivity index is 1.61. The molecule has 1 aliphatic heterocycles. The van der Waals surface area contributed by atoms with Crippen molar-refractivity contribution >= 4 is 50.7 Å². The second kappa shape index (κ2) is 11.5. The lowest BCUT2D eigenvalue weighted by Crippen LogP contribution is -2.42. The Morgan fingerprint density at radius 2 is 1.65 bits per heavy atom. The van der Waals surface area contributed by atoms with Crippen molar-refractivity contribution in [2.24, 2.45) is 11.8 Å².